The summed E-state index contributed by atoms with van der Waals surface area (Å²) in [6.45, 7) is 1.31. The Kier molecular flexibility index (Phi) is 6.55. The Balaban J connectivity index is 1.43. The highest BCUT2D eigenvalue weighted by Crippen LogP contribution is 2.38. The van der Waals surface area contributed by atoms with Gasteiger partial charge in [0.25, 0.3) is 0 Å². The predicted molar refractivity (Wildman–Crippen MR) is 131 cm³/mol. The Morgan fingerprint density at radius 3 is 2.72 bits per heavy atom. The Morgan fingerprint density at radius 1 is 1.17 bits per heavy atom. The van der Waals surface area contributed by atoms with E-state index in [9.17, 15) is 15.4 Å². The topological polar surface area (TPSA) is 132 Å². The highest BCUT2D eigenvalue weighted by atomic mass is 16.6. The minimum atomic E-state index is -0.506. The van der Waals surface area contributed by atoms with Gasteiger partial charge in [-0.25, -0.2) is 4.98 Å². The Hall–Kier alpha value is -4.75. The van der Waals surface area contributed by atoms with Gasteiger partial charge in [0.2, 0.25) is 5.88 Å². The van der Waals surface area contributed by atoms with Gasteiger partial charge in [-0.05, 0) is 11.6 Å². The molecule has 1 aliphatic heterocycles. The lowest BCUT2D eigenvalue weighted by atomic mass is 10.1. The molecular formula is C26H21N5O5. The van der Waals surface area contributed by atoms with Crippen LogP contribution in [0.3, 0.4) is 0 Å². The van der Waals surface area contributed by atoms with E-state index >= 15 is 0 Å². The van der Waals surface area contributed by atoms with Gasteiger partial charge in [0.1, 0.15) is 18.8 Å². The molecule has 0 bridgehead atoms. The largest absolute Gasteiger partial charge is 0.481 e. The van der Waals surface area contributed by atoms with Crippen molar-refractivity contribution in [3.63, 3.8) is 0 Å². The van der Waals surface area contributed by atoms with Gasteiger partial charge in [0, 0.05) is 36.2 Å². The van der Waals surface area contributed by atoms with Crippen LogP contribution >= 0.6 is 0 Å². The van der Waals surface area contributed by atoms with Gasteiger partial charge in [0.05, 0.1) is 46.8 Å². The van der Waals surface area contributed by atoms with Crippen molar-refractivity contribution in [3.8, 4) is 17.7 Å². The van der Waals surface area contributed by atoms with Crippen molar-refractivity contribution in [2.45, 2.75) is 19.1 Å². The Labute approximate surface area is 206 Å². The molecule has 0 spiro atoms. The number of hydrogen-bond acceptors (Lipinski definition) is 9. The molecule has 180 valence electrons. The molecule has 0 radical (unpaired) electrons. The Morgan fingerprint density at radius 2 is 2.03 bits per heavy atom. The first-order valence-corrected chi connectivity index (χ1v) is 11.3. The number of benzene rings is 2. The van der Waals surface area contributed by atoms with E-state index in [1.54, 1.807) is 18.3 Å². The number of nitro groups is 1. The van der Waals surface area contributed by atoms with Crippen molar-refractivity contribution in [2.24, 2.45) is 0 Å². The fourth-order valence-corrected chi connectivity index (χ4v) is 3.87. The molecule has 10 nitrogen and oxygen atoms in total. The third-order valence-electron chi connectivity index (χ3n) is 5.68. The summed E-state index contributed by atoms with van der Waals surface area (Å²) in [4.78, 5) is 20.0. The maximum absolute atomic E-state index is 11.8. The van der Waals surface area contributed by atoms with Gasteiger partial charge in [-0.2, -0.15) is 5.26 Å². The van der Waals surface area contributed by atoms with Crippen LogP contribution in [-0.4, -0.2) is 34.2 Å². The molecule has 0 amide bonds. The molecule has 2 aromatic carbocycles. The number of aromatic nitrogens is 2. The fraction of sp³-hybridized carbons (Fsp3) is 0.192. The molecular weight excluding hydrogens is 462 g/mol. The number of pyridine rings is 2. The average Bonchev–Trinajstić information content (AvgIpc) is 3.41. The number of nitriles is 1. The summed E-state index contributed by atoms with van der Waals surface area (Å²) in [6.07, 6.45) is 3.38. The van der Waals surface area contributed by atoms with Crippen LogP contribution in [0.15, 0.2) is 67.0 Å². The third kappa shape index (κ3) is 5.01. The lowest BCUT2D eigenvalue weighted by Crippen LogP contribution is -2.16. The first kappa shape index (κ1) is 23.0. The zero-order valence-electron chi connectivity index (χ0n) is 19.1. The van der Waals surface area contributed by atoms with Crippen LogP contribution < -0.4 is 14.8 Å². The highest BCUT2D eigenvalue weighted by molar-refractivity contribution is 5.98. The summed E-state index contributed by atoms with van der Waals surface area (Å²) in [5.41, 5.74) is 2.47. The zero-order valence-corrected chi connectivity index (χ0v) is 19.1. The summed E-state index contributed by atoms with van der Waals surface area (Å²) >= 11 is 0. The van der Waals surface area contributed by atoms with E-state index in [4.69, 9.17) is 14.2 Å². The van der Waals surface area contributed by atoms with E-state index in [-0.39, 0.29) is 23.1 Å². The summed E-state index contributed by atoms with van der Waals surface area (Å²) < 4.78 is 16.9. The van der Waals surface area contributed by atoms with E-state index in [0.717, 1.165) is 5.56 Å². The molecule has 1 saturated heterocycles. The van der Waals surface area contributed by atoms with Crippen LogP contribution in [0.25, 0.3) is 10.9 Å². The summed E-state index contributed by atoms with van der Waals surface area (Å²) in [6, 6.07) is 18.2. The van der Waals surface area contributed by atoms with Crippen LogP contribution in [0.1, 0.15) is 17.5 Å². The number of rotatable bonds is 8. The number of nitrogens with one attached hydrogen (secondary N) is 1. The quantitative estimate of drug-likeness (QED) is 0.274. The first-order chi connectivity index (χ1) is 17.6. The molecule has 1 N–H and O–H groups in total. The molecule has 3 heterocycles. The highest BCUT2D eigenvalue weighted by Gasteiger charge is 2.25. The van der Waals surface area contributed by atoms with Crippen LogP contribution in [0, 0.1) is 21.4 Å². The van der Waals surface area contributed by atoms with Gasteiger partial charge in [-0.3, -0.25) is 15.1 Å². The molecule has 36 heavy (non-hydrogen) atoms. The zero-order chi connectivity index (χ0) is 24.9. The molecule has 1 atom stereocenters. The van der Waals surface area contributed by atoms with Crippen molar-refractivity contribution in [1.82, 2.24) is 9.97 Å². The van der Waals surface area contributed by atoms with Crippen LogP contribution in [-0.2, 0) is 11.3 Å². The number of nitro benzene ring substituents is 1. The lowest BCUT2D eigenvalue weighted by Gasteiger charge is -2.15. The van der Waals surface area contributed by atoms with E-state index in [2.05, 4.69) is 21.4 Å². The van der Waals surface area contributed by atoms with Crippen molar-refractivity contribution in [3.05, 3.63) is 88.2 Å². The number of hydrogen-bond donors (Lipinski definition) is 1. The van der Waals surface area contributed by atoms with E-state index in [0.29, 0.717) is 54.4 Å². The standard InChI is InChI=1S/C26H21N5O5/c27-12-18-13-28-22-11-24(36-20-8-9-34-16-20)23(31(32)33)10-21(22)26(18)30-19-6-7-25(29-14-19)35-15-17-4-2-1-3-5-17/h1-7,10-11,13-14,20H,8-9,15-16H2,(H,28,30). The number of nitrogens with zero attached hydrogens (tertiary/aromatic N) is 4. The minimum absolute atomic E-state index is 0.118. The van der Waals surface area contributed by atoms with Crippen LogP contribution in [0.2, 0.25) is 0 Å². The molecule has 2 aromatic heterocycles. The van der Waals surface area contributed by atoms with Gasteiger partial charge >= 0.3 is 5.69 Å². The van der Waals surface area contributed by atoms with E-state index in [1.807, 2.05) is 30.3 Å². The second kappa shape index (κ2) is 10.2. The van der Waals surface area contributed by atoms with E-state index in [1.165, 1.54) is 18.3 Å². The molecule has 1 unspecified atom stereocenters. The summed E-state index contributed by atoms with van der Waals surface area (Å²) in [7, 11) is 0. The second-order valence-corrected chi connectivity index (χ2v) is 8.14. The van der Waals surface area contributed by atoms with Crippen LogP contribution in [0.5, 0.6) is 11.6 Å². The molecule has 1 fully saturated rings. The lowest BCUT2D eigenvalue weighted by molar-refractivity contribution is -0.385. The van der Waals surface area contributed by atoms with Gasteiger partial charge < -0.3 is 19.5 Å². The van der Waals surface area contributed by atoms with Gasteiger partial charge in [0.15, 0.2) is 5.75 Å². The molecule has 1 aliphatic rings. The summed E-state index contributed by atoms with van der Waals surface area (Å²) in [5.74, 6) is 0.561. The minimum Gasteiger partial charge on any atom is -0.481 e. The number of anilines is 2. The van der Waals surface area contributed by atoms with Crippen molar-refractivity contribution in [1.29, 1.82) is 5.26 Å². The average molecular weight is 483 g/mol. The maximum Gasteiger partial charge on any atom is 0.311 e. The predicted octanol–water partition coefficient (Wildman–Crippen LogP) is 4.90. The molecule has 0 saturated carbocycles. The van der Waals surface area contributed by atoms with Crippen LogP contribution in [0.4, 0.5) is 17.1 Å². The number of ether oxygens (including phenoxy) is 3. The molecule has 4 aromatic rings. The Bertz CT molecular complexity index is 1430. The maximum atomic E-state index is 11.8. The van der Waals surface area contributed by atoms with E-state index < -0.39 is 4.92 Å². The fourth-order valence-electron chi connectivity index (χ4n) is 3.87. The van der Waals surface area contributed by atoms with Crippen molar-refractivity contribution in [2.75, 3.05) is 18.5 Å². The molecule has 5 rings (SSSR count). The van der Waals surface area contributed by atoms with Gasteiger partial charge in [-0.15, -0.1) is 0 Å². The monoisotopic (exact) mass is 483 g/mol. The SMILES string of the molecule is N#Cc1cnc2cc(OC3CCOC3)c([N+](=O)[O-])cc2c1Nc1ccc(OCc2ccccc2)nc1. The van der Waals surface area contributed by atoms with Gasteiger partial charge in [-0.1, -0.05) is 30.3 Å². The third-order valence-corrected chi connectivity index (χ3v) is 5.68. The first-order valence-electron chi connectivity index (χ1n) is 11.3. The number of fused-ring (bicyclic) bond motifs is 1. The van der Waals surface area contributed by atoms with Crippen molar-refractivity contribution < 1.29 is 19.1 Å². The summed E-state index contributed by atoms with van der Waals surface area (Å²) in [5, 5.41) is 25.1. The second-order valence-electron chi connectivity index (χ2n) is 8.14. The molecule has 0 aliphatic carbocycles. The normalized spacial score (nSPS) is 14.8. The van der Waals surface area contributed by atoms with Crippen molar-refractivity contribution >= 4 is 28.0 Å². The molecule has 10 heteroatoms. The smallest absolute Gasteiger partial charge is 0.311 e.